The quantitative estimate of drug-likeness (QED) is 0.467. The third-order valence-electron chi connectivity index (χ3n) is 2.85. The molecular formula is C11H21N3O5. The average molecular weight is 275 g/mol. The summed E-state index contributed by atoms with van der Waals surface area (Å²) in [6.45, 7) is 2.22. The van der Waals surface area contributed by atoms with Crippen molar-refractivity contribution in [3.63, 3.8) is 0 Å². The van der Waals surface area contributed by atoms with Crippen LogP contribution in [0.4, 0.5) is 4.79 Å². The second kappa shape index (κ2) is 7.93. The van der Waals surface area contributed by atoms with Crippen LogP contribution in [-0.2, 0) is 9.53 Å². The van der Waals surface area contributed by atoms with E-state index in [1.807, 2.05) is 7.05 Å². The molecule has 0 spiro atoms. The van der Waals surface area contributed by atoms with E-state index in [9.17, 15) is 9.59 Å². The van der Waals surface area contributed by atoms with Gasteiger partial charge in [-0.3, -0.25) is 0 Å². The summed E-state index contributed by atoms with van der Waals surface area (Å²) in [4.78, 5) is 24.4. The van der Waals surface area contributed by atoms with Gasteiger partial charge in [0.25, 0.3) is 0 Å². The number of aliphatic hydroxyl groups is 1. The van der Waals surface area contributed by atoms with Crippen molar-refractivity contribution in [2.24, 2.45) is 0 Å². The molecule has 0 aliphatic carbocycles. The number of likely N-dealkylation sites (N-methyl/N-ethyl adjacent to an activating group) is 1. The van der Waals surface area contributed by atoms with E-state index in [4.69, 9.17) is 14.9 Å². The number of aliphatic carboxylic acids is 1. The van der Waals surface area contributed by atoms with Crippen LogP contribution in [0.2, 0.25) is 0 Å². The number of amides is 2. The van der Waals surface area contributed by atoms with Gasteiger partial charge in [-0.05, 0) is 7.05 Å². The molecule has 8 nitrogen and oxygen atoms in total. The fourth-order valence-electron chi connectivity index (χ4n) is 1.79. The number of hydrogen-bond acceptors (Lipinski definition) is 5. The second-order valence-corrected chi connectivity index (χ2v) is 4.51. The number of hydrogen-bond donors (Lipinski definition) is 4. The normalized spacial score (nSPS) is 21.7. The highest BCUT2D eigenvalue weighted by molar-refractivity contribution is 5.82. The van der Waals surface area contributed by atoms with Crippen LogP contribution in [0.3, 0.4) is 0 Å². The zero-order valence-corrected chi connectivity index (χ0v) is 11.0. The summed E-state index contributed by atoms with van der Waals surface area (Å²) in [6.07, 6.45) is -0.114. The number of carbonyl (C=O) groups is 2. The molecule has 0 saturated carbocycles. The van der Waals surface area contributed by atoms with Crippen LogP contribution in [0, 0.1) is 0 Å². The number of carbonyl (C=O) groups excluding carboxylic acids is 1. The average Bonchev–Trinajstić information content (AvgIpc) is 2.36. The topological polar surface area (TPSA) is 111 Å². The summed E-state index contributed by atoms with van der Waals surface area (Å²) in [7, 11) is 1.97. The lowest BCUT2D eigenvalue weighted by Gasteiger charge is -2.30. The van der Waals surface area contributed by atoms with Gasteiger partial charge in [-0.2, -0.15) is 0 Å². The van der Waals surface area contributed by atoms with Crippen molar-refractivity contribution in [2.45, 2.75) is 18.6 Å². The zero-order chi connectivity index (χ0) is 14.3. The number of morpholine rings is 1. The number of nitrogens with zero attached hydrogens (tertiary/aromatic N) is 1. The van der Waals surface area contributed by atoms with E-state index in [0.29, 0.717) is 13.2 Å². The molecule has 110 valence electrons. The molecule has 0 radical (unpaired) electrons. The van der Waals surface area contributed by atoms with Crippen molar-refractivity contribution >= 4 is 12.0 Å². The maximum absolute atomic E-state index is 11.5. The smallest absolute Gasteiger partial charge is 0.326 e. The number of nitrogens with one attached hydrogen (secondary N) is 2. The lowest BCUT2D eigenvalue weighted by Crippen LogP contribution is -2.51. The first kappa shape index (κ1) is 15.7. The molecule has 2 amide bonds. The summed E-state index contributed by atoms with van der Waals surface area (Å²) < 4.78 is 5.46. The molecule has 1 aliphatic heterocycles. The number of rotatable bonds is 6. The maximum Gasteiger partial charge on any atom is 0.326 e. The molecule has 1 saturated heterocycles. The van der Waals surface area contributed by atoms with Gasteiger partial charge in [-0.15, -0.1) is 0 Å². The minimum absolute atomic E-state index is 0.0224. The van der Waals surface area contributed by atoms with Gasteiger partial charge in [0.2, 0.25) is 0 Å². The van der Waals surface area contributed by atoms with Gasteiger partial charge in [0.05, 0.1) is 12.7 Å². The van der Waals surface area contributed by atoms with Crippen molar-refractivity contribution in [3.05, 3.63) is 0 Å². The Morgan fingerprint density at radius 2 is 2.26 bits per heavy atom. The Kier molecular flexibility index (Phi) is 6.54. The third kappa shape index (κ3) is 5.86. The van der Waals surface area contributed by atoms with Gasteiger partial charge in [0.1, 0.15) is 6.04 Å². The number of ether oxygens (including phenoxy) is 1. The minimum Gasteiger partial charge on any atom is -0.480 e. The van der Waals surface area contributed by atoms with Crippen LogP contribution in [0.1, 0.15) is 6.42 Å². The molecule has 0 aromatic carbocycles. The highest BCUT2D eigenvalue weighted by atomic mass is 16.5. The standard InChI is InChI=1S/C11H21N3O5/c1-14-3-5-19-8(7-14)6-12-11(18)13-9(2-4-15)10(16)17/h8-9,15H,2-7H2,1H3,(H,16,17)(H2,12,13,18). The Balaban J connectivity index is 2.28. The largest absolute Gasteiger partial charge is 0.480 e. The summed E-state index contributed by atoms with van der Waals surface area (Å²) in [5, 5.41) is 22.4. The highest BCUT2D eigenvalue weighted by Gasteiger charge is 2.21. The molecule has 1 heterocycles. The monoisotopic (exact) mass is 275 g/mol. The van der Waals surface area contributed by atoms with Gasteiger partial charge in [-0.25, -0.2) is 9.59 Å². The maximum atomic E-state index is 11.5. The van der Waals surface area contributed by atoms with Crippen LogP contribution in [-0.4, -0.2) is 79.2 Å². The minimum atomic E-state index is -1.17. The molecule has 0 aromatic heterocycles. The molecule has 8 heteroatoms. The predicted octanol–water partition coefficient (Wildman–Crippen LogP) is -1.55. The number of carboxylic acids is 1. The first-order valence-electron chi connectivity index (χ1n) is 6.21. The zero-order valence-electron chi connectivity index (χ0n) is 11.0. The van der Waals surface area contributed by atoms with Crippen LogP contribution < -0.4 is 10.6 Å². The van der Waals surface area contributed by atoms with E-state index in [1.165, 1.54) is 0 Å². The first-order chi connectivity index (χ1) is 9.02. The SMILES string of the molecule is CN1CCOC(CNC(=O)NC(CCO)C(=O)O)C1. The van der Waals surface area contributed by atoms with E-state index in [2.05, 4.69) is 15.5 Å². The van der Waals surface area contributed by atoms with Gasteiger partial charge in [-0.1, -0.05) is 0 Å². The van der Waals surface area contributed by atoms with Crippen molar-refractivity contribution < 1.29 is 24.5 Å². The van der Waals surface area contributed by atoms with Crippen molar-refractivity contribution in [1.82, 2.24) is 15.5 Å². The van der Waals surface area contributed by atoms with Crippen molar-refractivity contribution in [2.75, 3.05) is 39.9 Å². The number of aliphatic hydroxyl groups excluding tert-OH is 1. The van der Waals surface area contributed by atoms with E-state index in [0.717, 1.165) is 13.1 Å². The molecule has 1 aliphatic rings. The second-order valence-electron chi connectivity index (χ2n) is 4.51. The Morgan fingerprint density at radius 3 is 2.84 bits per heavy atom. The molecule has 2 unspecified atom stereocenters. The van der Waals surface area contributed by atoms with Gasteiger partial charge in [0, 0.05) is 32.7 Å². The first-order valence-corrected chi connectivity index (χ1v) is 6.21. The van der Waals surface area contributed by atoms with Crippen LogP contribution in [0.15, 0.2) is 0 Å². The van der Waals surface area contributed by atoms with E-state index >= 15 is 0 Å². The molecule has 1 rings (SSSR count). The summed E-state index contributed by atoms with van der Waals surface area (Å²) in [6, 6.07) is -1.65. The fraction of sp³-hybridized carbons (Fsp3) is 0.818. The van der Waals surface area contributed by atoms with Crippen LogP contribution in [0.25, 0.3) is 0 Å². The Labute approximate surface area is 111 Å². The molecule has 4 N–H and O–H groups in total. The van der Waals surface area contributed by atoms with Crippen LogP contribution >= 0.6 is 0 Å². The molecule has 1 fully saturated rings. The van der Waals surface area contributed by atoms with Gasteiger partial charge in [0.15, 0.2) is 0 Å². The number of carboxylic acid groups (broad SMARTS) is 1. The lowest BCUT2D eigenvalue weighted by atomic mass is 10.2. The molecule has 0 bridgehead atoms. The lowest BCUT2D eigenvalue weighted by molar-refractivity contribution is -0.139. The Morgan fingerprint density at radius 1 is 1.53 bits per heavy atom. The third-order valence-corrected chi connectivity index (χ3v) is 2.85. The van der Waals surface area contributed by atoms with Crippen molar-refractivity contribution in [3.8, 4) is 0 Å². The van der Waals surface area contributed by atoms with E-state index in [1.54, 1.807) is 0 Å². The van der Waals surface area contributed by atoms with Gasteiger partial charge >= 0.3 is 12.0 Å². The van der Waals surface area contributed by atoms with E-state index < -0.39 is 18.0 Å². The predicted molar refractivity (Wildman–Crippen MR) is 66.9 cm³/mol. The molecule has 2 atom stereocenters. The molecule has 0 aromatic rings. The Bertz CT molecular complexity index is 313. The summed E-state index contributed by atoms with van der Waals surface area (Å²) in [5.74, 6) is -1.17. The summed E-state index contributed by atoms with van der Waals surface area (Å²) in [5.41, 5.74) is 0. The molecule has 19 heavy (non-hydrogen) atoms. The fourth-order valence-corrected chi connectivity index (χ4v) is 1.79. The highest BCUT2D eigenvalue weighted by Crippen LogP contribution is 2.01. The number of urea groups is 1. The molecular weight excluding hydrogens is 254 g/mol. The van der Waals surface area contributed by atoms with Crippen molar-refractivity contribution in [1.29, 1.82) is 0 Å². The Hall–Kier alpha value is -1.38. The van der Waals surface area contributed by atoms with Gasteiger partial charge < -0.3 is 30.5 Å². The van der Waals surface area contributed by atoms with Crippen LogP contribution in [0.5, 0.6) is 0 Å². The van der Waals surface area contributed by atoms with E-state index in [-0.39, 0.29) is 19.1 Å². The summed E-state index contributed by atoms with van der Waals surface area (Å²) >= 11 is 0.